The van der Waals surface area contributed by atoms with Crippen molar-refractivity contribution in [3.8, 4) is 28.6 Å². The third kappa shape index (κ3) is 7.56. The van der Waals surface area contributed by atoms with Gasteiger partial charge in [-0.2, -0.15) is 4.98 Å². The molecular weight excluding hydrogens is 544 g/mol. The van der Waals surface area contributed by atoms with Crippen molar-refractivity contribution >= 4 is 28.8 Å². The van der Waals surface area contributed by atoms with Gasteiger partial charge >= 0.3 is 6.36 Å². The number of nitrogens with one attached hydrogen (secondary N) is 3. The second-order valence-corrected chi connectivity index (χ2v) is 8.54. The molecule has 0 saturated carbocycles. The number of hydrogen-bond acceptors (Lipinski definition) is 8. The van der Waals surface area contributed by atoms with E-state index in [2.05, 4.69) is 35.8 Å². The molecule has 0 bridgehead atoms. The van der Waals surface area contributed by atoms with Crippen LogP contribution in [0.15, 0.2) is 95.6 Å². The Morgan fingerprint density at radius 3 is 2.37 bits per heavy atom. The molecule has 5 rings (SSSR count). The minimum atomic E-state index is -4.77. The van der Waals surface area contributed by atoms with E-state index < -0.39 is 12.2 Å². The Morgan fingerprint density at radius 2 is 1.63 bits per heavy atom. The number of pyridine rings is 1. The van der Waals surface area contributed by atoms with Gasteiger partial charge in [-0.25, -0.2) is 9.37 Å². The number of rotatable bonds is 9. The van der Waals surface area contributed by atoms with Gasteiger partial charge in [-0.1, -0.05) is 11.2 Å². The van der Waals surface area contributed by atoms with Crippen molar-refractivity contribution in [3.63, 3.8) is 0 Å². The monoisotopic (exact) mass is 564 g/mol. The van der Waals surface area contributed by atoms with Crippen molar-refractivity contribution in [2.45, 2.75) is 6.36 Å². The summed E-state index contributed by atoms with van der Waals surface area (Å²) in [4.78, 5) is 20.9. The Kier molecular flexibility index (Phi) is 7.76. The summed E-state index contributed by atoms with van der Waals surface area (Å²) in [6.45, 7) is -0.0429. The number of amides is 1. The van der Waals surface area contributed by atoms with Crippen molar-refractivity contribution in [3.05, 3.63) is 96.9 Å². The summed E-state index contributed by atoms with van der Waals surface area (Å²) in [6, 6.07) is 21.1. The minimum Gasteiger partial charge on any atom is -0.406 e. The van der Waals surface area contributed by atoms with Crippen LogP contribution in [0.25, 0.3) is 22.8 Å². The van der Waals surface area contributed by atoms with E-state index in [1.807, 2.05) is 0 Å². The largest absolute Gasteiger partial charge is 0.573 e. The van der Waals surface area contributed by atoms with Crippen molar-refractivity contribution in [1.82, 2.24) is 15.1 Å². The van der Waals surface area contributed by atoms with Gasteiger partial charge in [0.2, 0.25) is 11.7 Å². The molecule has 0 saturated heterocycles. The highest BCUT2D eigenvalue weighted by atomic mass is 19.4. The lowest BCUT2D eigenvalue weighted by Gasteiger charge is -2.10. The average Bonchev–Trinajstić information content (AvgIpc) is 3.44. The highest BCUT2D eigenvalue weighted by Crippen LogP contribution is 2.27. The van der Waals surface area contributed by atoms with Gasteiger partial charge in [0, 0.05) is 34.4 Å². The van der Waals surface area contributed by atoms with E-state index in [4.69, 9.17) is 4.52 Å². The van der Waals surface area contributed by atoms with Gasteiger partial charge < -0.3 is 25.2 Å². The van der Waals surface area contributed by atoms with E-state index in [-0.39, 0.29) is 24.1 Å². The second-order valence-electron chi connectivity index (χ2n) is 8.54. The molecule has 2 aromatic heterocycles. The van der Waals surface area contributed by atoms with Crippen molar-refractivity contribution in [2.24, 2.45) is 0 Å². The summed E-state index contributed by atoms with van der Waals surface area (Å²) in [5.74, 6) is -0.0989. The Labute approximate surface area is 230 Å². The fraction of sp³-hybridized carbons (Fsp3) is 0.0714. The molecular formula is C28H20F4N6O3. The lowest BCUT2D eigenvalue weighted by molar-refractivity contribution is -0.274. The first kappa shape index (κ1) is 27.1. The fourth-order valence-corrected chi connectivity index (χ4v) is 3.67. The normalized spacial score (nSPS) is 11.1. The molecule has 13 heteroatoms. The van der Waals surface area contributed by atoms with Gasteiger partial charge in [0.25, 0.3) is 5.89 Å². The number of anilines is 4. The quantitative estimate of drug-likeness (QED) is 0.171. The van der Waals surface area contributed by atoms with Gasteiger partial charge in [0.15, 0.2) is 0 Å². The van der Waals surface area contributed by atoms with Crippen LogP contribution in [0.1, 0.15) is 0 Å². The number of carbonyl (C=O) groups is 1. The molecule has 0 aliphatic heterocycles. The zero-order valence-corrected chi connectivity index (χ0v) is 20.9. The third-order valence-electron chi connectivity index (χ3n) is 5.50. The van der Waals surface area contributed by atoms with Crippen LogP contribution in [-0.4, -0.2) is 33.9 Å². The topological polar surface area (TPSA) is 114 Å². The van der Waals surface area contributed by atoms with Crippen molar-refractivity contribution in [1.29, 1.82) is 0 Å². The van der Waals surface area contributed by atoms with Crippen LogP contribution >= 0.6 is 0 Å². The Morgan fingerprint density at radius 1 is 0.878 bits per heavy atom. The number of halogens is 4. The molecule has 0 aliphatic rings. The summed E-state index contributed by atoms with van der Waals surface area (Å²) >= 11 is 0. The zero-order valence-electron chi connectivity index (χ0n) is 20.9. The molecule has 5 aromatic rings. The summed E-state index contributed by atoms with van der Waals surface area (Å²) in [6.07, 6.45) is -3.24. The third-order valence-corrected chi connectivity index (χ3v) is 5.50. The first-order chi connectivity index (χ1) is 19.7. The summed E-state index contributed by atoms with van der Waals surface area (Å²) in [5, 5.41) is 12.6. The van der Waals surface area contributed by atoms with E-state index in [0.717, 1.165) is 0 Å². The number of benzene rings is 3. The molecule has 0 aliphatic carbocycles. The number of hydrogen-bond donors (Lipinski definition) is 3. The van der Waals surface area contributed by atoms with Gasteiger partial charge in [-0.3, -0.25) is 4.79 Å². The first-order valence-corrected chi connectivity index (χ1v) is 12.0. The van der Waals surface area contributed by atoms with E-state index in [1.54, 1.807) is 48.5 Å². The lowest BCUT2D eigenvalue weighted by Crippen LogP contribution is -2.21. The second kappa shape index (κ2) is 11.7. The molecule has 2 heterocycles. The van der Waals surface area contributed by atoms with Crippen LogP contribution in [0, 0.1) is 5.82 Å². The van der Waals surface area contributed by atoms with Crippen LogP contribution in [-0.2, 0) is 4.79 Å². The fourth-order valence-electron chi connectivity index (χ4n) is 3.67. The predicted molar refractivity (Wildman–Crippen MR) is 143 cm³/mol. The molecule has 3 aromatic carbocycles. The zero-order chi connectivity index (χ0) is 28.8. The Hall–Kier alpha value is -5.46. The molecule has 3 N–H and O–H groups in total. The van der Waals surface area contributed by atoms with Crippen LogP contribution in [0.5, 0.6) is 5.75 Å². The SMILES string of the molecule is O=C(CNc1cccc(F)c1)Nc1ccc(-c2nc(-c3ccnc(Nc4ccc(OC(F)(F)F)cc4)c3)no2)cc1. The number of nitrogens with zero attached hydrogens (tertiary/aromatic N) is 3. The highest BCUT2D eigenvalue weighted by molar-refractivity contribution is 5.93. The molecule has 0 atom stereocenters. The maximum absolute atomic E-state index is 13.3. The van der Waals surface area contributed by atoms with Crippen LogP contribution in [0.2, 0.25) is 0 Å². The van der Waals surface area contributed by atoms with Gasteiger partial charge in [0.1, 0.15) is 17.4 Å². The van der Waals surface area contributed by atoms with Gasteiger partial charge in [-0.15, -0.1) is 13.2 Å². The molecule has 41 heavy (non-hydrogen) atoms. The summed E-state index contributed by atoms with van der Waals surface area (Å²) < 4.78 is 59.6. The first-order valence-electron chi connectivity index (χ1n) is 12.0. The standard InChI is InChI=1S/C28H20F4N6O3/c29-19-2-1-3-22(15-19)34-16-25(39)36-21-6-4-17(5-7-21)27-37-26(38-41-27)18-12-13-33-24(14-18)35-20-8-10-23(11-9-20)40-28(30,31)32/h1-15,34H,16H2,(H,33,35)(H,36,39). The molecule has 0 radical (unpaired) electrons. The van der Waals surface area contributed by atoms with Crippen molar-refractivity contribution in [2.75, 3.05) is 22.5 Å². The Bertz CT molecular complexity index is 1640. The van der Waals surface area contributed by atoms with Crippen LogP contribution < -0.4 is 20.7 Å². The molecule has 9 nitrogen and oxygen atoms in total. The maximum Gasteiger partial charge on any atom is 0.573 e. The average molecular weight is 564 g/mol. The minimum absolute atomic E-state index is 0.0429. The summed E-state index contributed by atoms with van der Waals surface area (Å²) in [7, 11) is 0. The number of ether oxygens (including phenoxy) is 1. The van der Waals surface area contributed by atoms with Crippen LogP contribution in [0.4, 0.5) is 40.4 Å². The van der Waals surface area contributed by atoms with Gasteiger partial charge in [0.05, 0.1) is 6.54 Å². The lowest BCUT2D eigenvalue weighted by atomic mass is 10.2. The highest BCUT2D eigenvalue weighted by Gasteiger charge is 2.31. The molecule has 0 fully saturated rings. The molecule has 1 amide bonds. The van der Waals surface area contributed by atoms with Gasteiger partial charge in [-0.05, 0) is 78.9 Å². The predicted octanol–water partition coefficient (Wildman–Crippen LogP) is 6.63. The van der Waals surface area contributed by atoms with E-state index in [0.29, 0.717) is 39.8 Å². The Balaban J connectivity index is 1.19. The number of aromatic nitrogens is 3. The van der Waals surface area contributed by atoms with Crippen LogP contribution in [0.3, 0.4) is 0 Å². The van der Waals surface area contributed by atoms with E-state index in [1.165, 1.54) is 42.6 Å². The number of carbonyl (C=O) groups excluding carboxylic acids is 1. The maximum atomic E-state index is 13.3. The molecule has 208 valence electrons. The summed E-state index contributed by atoms with van der Waals surface area (Å²) in [5.41, 5.74) is 2.74. The number of alkyl halides is 3. The smallest absolute Gasteiger partial charge is 0.406 e. The van der Waals surface area contributed by atoms with E-state index >= 15 is 0 Å². The van der Waals surface area contributed by atoms with Crippen molar-refractivity contribution < 1.29 is 31.6 Å². The molecule has 0 spiro atoms. The van der Waals surface area contributed by atoms with E-state index in [9.17, 15) is 22.4 Å². The molecule has 0 unspecified atom stereocenters.